The summed E-state index contributed by atoms with van der Waals surface area (Å²) in [6, 6.07) is 14.3. The van der Waals surface area contributed by atoms with Gasteiger partial charge in [-0.3, -0.25) is 4.68 Å². The van der Waals surface area contributed by atoms with E-state index in [4.69, 9.17) is 0 Å². The highest BCUT2D eigenvalue weighted by molar-refractivity contribution is 5.70. The Hall–Kier alpha value is -2.29. The third kappa shape index (κ3) is 1.65. The van der Waals surface area contributed by atoms with E-state index < -0.39 is 0 Å². The third-order valence-electron chi connectivity index (χ3n) is 2.84. The number of benzene rings is 1. The molecule has 0 amide bonds. The van der Waals surface area contributed by atoms with Crippen LogP contribution >= 0.6 is 0 Å². The summed E-state index contributed by atoms with van der Waals surface area (Å²) in [5.41, 5.74) is 2.33. The molecule has 3 rings (SSSR count). The zero-order chi connectivity index (χ0) is 11.7. The van der Waals surface area contributed by atoms with Gasteiger partial charge in [-0.25, -0.2) is 0 Å². The van der Waals surface area contributed by atoms with Gasteiger partial charge in [0.05, 0.1) is 6.20 Å². The smallest absolute Gasteiger partial charge is 0.142 e. The SMILES string of the molecule is Cn1ncc(-c2ccccc2)c1-n1cccc1. The molecule has 2 heterocycles. The second-order valence-corrected chi connectivity index (χ2v) is 3.96. The molecule has 3 aromatic rings. The number of nitrogens with zero attached hydrogens (tertiary/aromatic N) is 3. The minimum atomic E-state index is 1.08. The van der Waals surface area contributed by atoms with Crippen LogP contribution in [0.25, 0.3) is 16.9 Å². The molecule has 0 bridgehead atoms. The highest BCUT2D eigenvalue weighted by atomic mass is 15.3. The second kappa shape index (κ2) is 3.94. The molecule has 0 fully saturated rings. The molecule has 0 N–H and O–H groups in total. The van der Waals surface area contributed by atoms with Crippen molar-refractivity contribution in [3.05, 3.63) is 61.1 Å². The number of aryl methyl sites for hydroxylation is 1. The molecule has 0 saturated carbocycles. The van der Waals surface area contributed by atoms with E-state index in [9.17, 15) is 0 Å². The zero-order valence-electron chi connectivity index (χ0n) is 9.62. The number of aromatic nitrogens is 3. The number of hydrogen-bond acceptors (Lipinski definition) is 1. The molecule has 0 saturated heterocycles. The summed E-state index contributed by atoms with van der Waals surface area (Å²) in [7, 11) is 1.96. The Morgan fingerprint density at radius 1 is 0.941 bits per heavy atom. The van der Waals surface area contributed by atoms with Crippen molar-refractivity contribution >= 4 is 0 Å². The van der Waals surface area contributed by atoms with Gasteiger partial charge in [0.1, 0.15) is 5.82 Å². The summed E-state index contributed by atoms with van der Waals surface area (Å²) in [4.78, 5) is 0. The summed E-state index contributed by atoms with van der Waals surface area (Å²) in [5, 5.41) is 4.34. The molecule has 1 aromatic carbocycles. The molecule has 0 aliphatic heterocycles. The van der Waals surface area contributed by atoms with Crippen LogP contribution in [0.15, 0.2) is 61.1 Å². The van der Waals surface area contributed by atoms with Crippen molar-refractivity contribution in [3.8, 4) is 16.9 Å². The van der Waals surface area contributed by atoms with Crippen LogP contribution in [0.3, 0.4) is 0 Å². The lowest BCUT2D eigenvalue weighted by molar-refractivity contribution is 0.731. The highest BCUT2D eigenvalue weighted by Gasteiger charge is 2.11. The topological polar surface area (TPSA) is 22.8 Å². The van der Waals surface area contributed by atoms with E-state index in [1.54, 1.807) is 0 Å². The van der Waals surface area contributed by atoms with Crippen molar-refractivity contribution in [1.29, 1.82) is 0 Å². The van der Waals surface area contributed by atoms with E-state index in [-0.39, 0.29) is 0 Å². The molecule has 2 aromatic heterocycles. The van der Waals surface area contributed by atoms with E-state index in [1.807, 2.05) is 60.7 Å². The van der Waals surface area contributed by atoms with E-state index in [0.717, 1.165) is 11.4 Å². The molecule has 17 heavy (non-hydrogen) atoms. The first-order valence-corrected chi connectivity index (χ1v) is 5.57. The van der Waals surface area contributed by atoms with Crippen molar-refractivity contribution in [2.45, 2.75) is 0 Å². The quantitative estimate of drug-likeness (QED) is 0.655. The van der Waals surface area contributed by atoms with Crippen LogP contribution in [-0.4, -0.2) is 14.3 Å². The Balaban J connectivity index is 2.20. The Labute approximate surface area is 99.9 Å². The van der Waals surface area contributed by atoms with Crippen LogP contribution in [-0.2, 0) is 7.05 Å². The highest BCUT2D eigenvalue weighted by Crippen LogP contribution is 2.25. The summed E-state index contributed by atoms with van der Waals surface area (Å²) in [6.07, 6.45) is 5.97. The molecule has 3 heteroatoms. The molecule has 0 spiro atoms. The van der Waals surface area contributed by atoms with Crippen LogP contribution in [0.1, 0.15) is 0 Å². The first-order valence-electron chi connectivity index (χ1n) is 5.57. The molecule has 0 radical (unpaired) electrons. The van der Waals surface area contributed by atoms with Gasteiger partial charge in [0, 0.05) is 25.0 Å². The lowest BCUT2D eigenvalue weighted by Crippen LogP contribution is -2.01. The van der Waals surface area contributed by atoms with Gasteiger partial charge in [0.2, 0.25) is 0 Å². The Morgan fingerprint density at radius 3 is 2.35 bits per heavy atom. The Bertz CT molecular complexity index is 606. The van der Waals surface area contributed by atoms with Crippen LogP contribution in [0.5, 0.6) is 0 Å². The molecular weight excluding hydrogens is 210 g/mol. The Kier molecular flexibility index (Phi) is 2.29. The minimum absolute atomic E-state index is 1.08. The van der Waals surface area contributed by atoms with Crippen LogP contribution < -0.4 is 0 Å². The van der Waals surface area contributed by atoms with Gasteiger partial charge in [-0.05, 0) is 17.7 Å². The van der Waals surface area contributed by atoms with Gasteiger partial charge in [-0.15, -0.1) is 0 Å². The summed E-state index contributed by atoms with van der Waals surface area (Å²) >= 11 is 0. The zero-order valence-corrected chi connectivity index (χ0v) is 9.62. The van der Waals surface area contributed by atoms with E-state index in [0.29, 0.717) is 0 Å². The average Bonchev–Trinajstić information content (AvgIpc) is 2.99. The first-order chi connectivity index (χ1) is 8.36. The molecule has 3 nitrogen and oxygen atoms in total. The fraction of sp³-hybridized carbons (Fsp3) is 0.0714. The number of rotatable bonds is 2. The maximum absolute atomic E-state index is 4.34. The molecular formula is C14H13N3. The van der Waals surface area contributed by atoms with Crippen molar-refractivity contribution in [2.75, 3.05) is 0 Å². The maximum atomic E-state index is 4.34. The summed E-state index contributed by atoms with van der Waals surface area (Å²) in [6.45, 7) is 0. The van der Waals surface area contributed by atoms with E-state index in [2.05, 4.69) is 21.8 Å². The first kappa shape index (κ1) is 9.90. The van der Waals surface area contributed by atoms with Crippen molar-refractivity contribution in [3.63, 3.8) is 0 Å². The largest absolute Gasteiger partial charge is 0.308 e. The summed E-state index contributed by atoms with van der Waals surface area (Å²) in [5.74, 6) is 1.08. The monoisotopic (exact) mass is 223 g/mol. The van der Waals surface area contributed by atoms with Crippen molar-refractivity contribution in [2.24, 2.45) is 7.05 Å². The maximum Gasteiger partial charge on any atom is 0.142 e. The summed E-state index contributed by atoms with van der Waals surface area (Å²) < 4.78 is 3.97. The lowest BCUT2D eigenvalue weighted by Gasteiger charge is -2.07. The minimum Gasteiger partial charge on any atom is -0.308 e. The predicted octanol–water partition coefficient (Wildman–Crippen LogP) is 2.88. The van der Waals surface area contributed by atoms with Crippen molar-refractivity contribution in [1.82, 2.24) is 14.3 Å². The second-order valence-electron chi connectivity index (χ2n) is 3.96. The fourth-order valence-electron chi connectivity index (χ4n) is 2.03. The van der Waals surface area contributed by atoms with Crippen LogP contribution in [0.4, 0.5) is 0 Å². The van der Waals surface area contributed by atoms with Crippen LogP contribution in [0, 0.1) is 0 Å². The average molecular weight is 223 g/mol. The normalized spacial score (nSPS) is 10.6. The lowest BCUT2D eigenvalue weighted by atomic mass is 10.1. The standard InChI is InChI=1S/C14H13N3/c1-16-14(17-9-5-6-10-17)13(11-15-16)12-7-3-2-4-8-12/h2-11H,1H3. The van der Waals surface area contributed by atoms with E-state index >= 15 is 0 Å². The number of hydrogen-bond donors (Lipinski definition) is 0. The third-order valence-corrected chi connectivity index (χ3v) is 2.84. The van der Waals surface area contributed by atoms with Gasteiger partial charge < -0.3 is 4.57 Å². The molecule has 0 aliphatic rings. The molecule has 0 atom stereocenters. The molecule has 0 unspecified atom stereocenters. The van der Waals surface area contributed by atoms with E-state index in [1.165, 1.54) is 5.56 Å². The van der Waals surface area contributed by atoms with Gasteiger partial charge in [-0.1, -0.05) is 30.3 Å². The van der Waals surface area contributed by atoms with Gasteiger partial charge >= 0.3 is 0 Å². The van der Waals surface area contributed by atoms with Crippen molar-refractivity contribution < 1.29 is 0 Å². The Morgan fingerprint density at radius 2 is 1.65 bits per heavy atom. The van der Waals surface area contributed by atoms with Crippen LogP contribution in [0.2, 0.25) is 0 Å². The fourth-order valence-corrected chi connectivity index (χ4v) is 2.03. The molecule has 84 valence electrons. The van der Waals surface area contributed by atoms with Gasteiger partial charge in [0.15, 0.2) is 0 Å². The van der Waals surface area contributed by atoms with Gasteiger partial charge in [0.25, 0.3) is 0 Å². The van der Waals surface area contributed by atoms with Gasteiger partial charge in [-0.2, -0.15) is 5.10 Å². The predicted molar refractivity (Wildman–Crippen MR) is 68.0 cm³/mol. The molecule has 0 aliphatic carbocycles.